The number of amides is 1. The van der Waals surface area contributed by atoms with Gasteiger partial charge in [-0.05, 0) is 31.4 Å². The predicted octanol–water partition coefficient (Wildman–Crippen LogP) is 1.32. The van der Waals surface area contributed by atoms with Crippen molar-refractivity contribution in [2.75, 3.05) is 0 Å². The summed E-state index contributed by atoms with van der Waals surface area (Å²) in [6.45, 7) is 1.82. The van der Waals surface area contributed by atoms with Crippen molar-refractivity contribution in [2.24, 2.45) is 0 Å². The van der Waals surface area contributed by atoms with E-state index in [0.717, 1.165) is 5.56 Å². The lowest BCUT2D eigenvalue weighted by molar-refractivity contribution is -0.120. The first-order chi connectivity index (χ1) is 9.08. The van der Waals surface area contributed by atoms with E-state index >= 15 is 0 Å². The summed E-state index contributed by atoms with van der Waals surface area (Å²) in [7, 11) is 0. The third-order valence-corrected chi connectivity index (χ3v) is 3.38. The van der Waals surface area contributed by atoms with Crippen molar-refractivity contribution >= 4 is 17.5 Å². The van der Waals surface area contributed by atoms with Crippen molar-refractivity contribution in [1.82, 2.24) is 10.3 Å². The maximum atomic E-state index is 12.4. The Bertz CT molecular complexity index is 659. The zero-order valence-electron chi connectivity index (χ0n) is 10.4. The van der Waals surface area contributed by atoms with E-state index in [9.17, 15) is 14.4 Å². The number of fused-ring (bicyclic) bond motifs is 1. The molecule has 0 unspecified atom stereocenters. The van der Waals surface area contributed by atoms with Crippen molar-refractivity contribution in [3.63, 3.8) is 0 Å². The van der Waals surface area contributed by atoms with Crippen LogP contribution in [0.25, 0.3) is 0 Å². The van der Waals surface area contributed by atoms with Crippen LogP contribution >= 0.6 is 0 Å². The molecule has 0 bridgehead atoms. The lowest BCUT2D eigenvalue weighted by Gasteiger charge is -2.18. The molecule has 0 saturated heterocycles. The molecule has 2 aliphatic rings. The maximum absolute atomic E-state index is 12.4. The highest BCUT2D eigenvalue weighted by Gasteiger charge is 2.35. The maximum Gasteiger partial charge on any atom is 0.228 e. The molecule has 0 spiro atoms. The van der Waals surface area contributed by atoms with Gasteiger partial charge in [0, 0.05) is 18.2 Å². The van der Waals surface area contributed by atoms with E-state index in [4.69, 9.17) is 0 Å². The van der Waals surface area contributed by atoms with E-state index in [1.807, 2.05) is 6.92 Å². The summed E-state index contributed by atoms with van der Waals surface area (Å²) < 4.78 is 0. The molecule has 96 valence electrons. The highest BCUT2D eigenvalue weighted by atomic mass is 16.2. The summed E-state index contributed by atoms with van der Waals surface area (Å²) in [5.74, 6) is -0.774. The summed E-state index contributed by atoms with van der Waals surface area (Å²) in [6, 6.07) is 1.68. The van der Waals surface area contributed by atoms with E-state index in [0.29, 0.717) is 30.4 Å². The molecule has 1 aromatic rings. The van der Waals surface area contributed by atoms with E-state index in [1.165, 1.54) is 0 Å². The van der Waals surface area contributed by atoms with Crippen LogP contribution in [0, 0.1) is 6.92 Å². The number of hydrogen-bond acceptors (Lipinski definition) is 4. The molecule has 5 nitrogen and oxygen atoms in total. The third kappa shape index (κ3) is 1.78. The third-order valence-electron chi connectivity index (χ3n) is 3.38. The fourth-order valence-electron chi connectivity index (χ4n) is 2.45. The summed E-state index contributed by atoms with van der Waals surface area (Å²) >= 11 is 0. The van der Waals surface area contributed by atoms with Crippen LogP contribution in [0.5, 0.6) is 0 Å². The Morgan fingerprint density at radius 1 is 1.16 bits per heavy atom. The monoisotopic (exact) mass is 256 g/mol. The Hall–Kier alpha value is -2.30. The molecule has 1 N–H and O–H groups in total. The molecular formula is C14H12N2O3. The zero-order valence-corrected chi connectivity index (χ0v) is 10.4. The second-order valence-electron chi connectivity index (χ2n) is 4.82. The molecule has 1 aromatic heterocycles. The minimum absolute atomic E-state index is 0.122. The quantitative estimate of drug-likeness (QED) is 0.759. The molecule has 3 rings (SSSR count). The highest BCUT2D eigenvalue weighted by molar-refractivity contribution is 6.26. The number of rotatable bonds is 0. The number of ketones is 2. The number of Topliss-reactive ketones (excluding diaryl/α,β-unsaturated/α-hetero) is 2. The lowest BCUT2D eigenvalue weighted by atomic mass is 9.88. The van der Waals surface area contributed by atoms with Crippen LogP contribution in [0.2, 0.25) is 0 Å². The Morgan fingerprint density at radius 2 is 1.95 bits per heavy atom. The Balaban J connectivity index is 2.18. The van der Waals surface area contributed by atoms with Crippen LogP contribution in [0.3, 0.4) is 0 Å². The smallest absolute Gasteiger partial charge is 0.228 e. The van der Waals surface area contributed by atoms with Gasteiger partial charge in [-0.3, -0.25) is 19.4 Å². The summed E-state index contributed by atoms with van der Waals surface area (Å²) in [4.78, 5) is 40.3. The van der Waals surface area contributed by atoms with E-state index < -0.39 is 0 Å². The Morgan fingerprint density at radius 3 is 2.74 bits per heavy atom. The molecule has 0 radical (unpaired) electrons. The average molecular weight is 256 g/mol. The molecule has 1 amide bonds. The number of hydrogen-bond donors (Lipinski definition) is 1. The number of allylic oxidation sites excluding steroid dienone is 2. The fourth-order valence-corrected chi connectivity index (χ4v) is 2.45. The van der Waals surface area contributed by atoms with Gasteiger partial charge in [0.2, 0.25) is 11.7 Å². The molecule has 2 heterocycles. The number of pyridine rings is 1. The molecule has 1 aliphatic heterocycles. The minimum atomic E-state index is -0.361. The van der Waals surface area contributed by atoms with Gasteiger partial charge in [0.05, 0.1) is 11.3 Å². The van der Waals surface area contributed by atoms with E-state index in [2.05, 4.69) is 10.3 Å². The van der Waals surface area contributed by atoms with Crippen molar-refractivity contribution in [2.45, 2.75) is 26.2 Å². The topological polar surface area (TPSA) is 76.1 Å². The molecule has 0 saturated carbocycles. The molecule has 0 aromatic carbocycles. The first-order valence-electron chi connectivity index (χ1n) is 6.17. The van der Waals surface area contributed by atoms with Crippen molar-refractivity contribution in [3.05, 3.63) is 40.4 Å². The Kier molecular flexibility index (Phi) is 2.55. The molecule has 0 atom stereocenters. The molecule has 19 heavy (non-hydrogen) atoms. The van der Waals surface area contributed by atoms with Gasteiger partial charge in [0.1, 0.15) is 5.69 Å². The van der Waals surface area contributed by atoms with Gasteiger partial charge in [0.15, 0.2) is 5.78 Å². The Labute approximate surface area is 109 Å². The van der Waals surface area contributed by atoms with Crippen LogP contribution in [-0.2, 0) is 4.79 Å². The van der Waals surface area contributed by atoms with Gasteiger partial charge in [-0.25, -0.2) is 0 Å². The van der Waals surface area contributed by atoms with Crippen molar-refractivity contribution in [1.29, 1.82) is 0 Å². The standard InChI is InChI=1S/C14H12N2O3/c1-7-5-9-11(15-6-7)14(19)12-8(13(9)18)3-2-4-10(17)16-12/h5-6H,2-4H2,1H3,(H,16,17). The van der Waals surface area contributed by atoms with Crippen molar-refractivity contribution < 1.29 is 14.4 Å². The summed E-state index contributed by atoms with van der Waals surface area (Å²) in [6.07, 6.45) is 2.91. The highest BCUT2D eigenvalue weighted by Crippen LogP contribution is 2.29. The van der Waals surface area contributed by atoms with Crippen LogP contribution in [0.15, 0.2) is 23.5 Å². The van der Waals surface area contributed by atoms with Crippen LogP contribution < -0.4 is 5.32 Å². The largest absolute Gasteiger partial charge is 0.322 e. The average Bonchev–Trinajstić information content (AvgIpc) is 2.58. The number of nitrogens with one attached hydrogen (secondary N) is 1. The molecular weight excluding hydrogens is 244 g/mol. The lowest BCUT2D eigenvalue weighted by Crippen LogP contribution is -2.32. The zero-order chi connectivity index (χ0) is 13.6. The summed E-state index contributed by atoms with van der Waals surface area (Å²) in [5.41, 5.74) is 1.85. The van der Waals surface area contributed by atoms with Crippen LogP contribution in [-0.4, -0.2) is 22.5 Å². The first kappa shape index (κ1) is 11.8. The molecule has 0 fully saturated rings. The molecule has 5 heteroatoms. The number of aryl methyl sites for hydroxylation is 1. The van der Waals surface area contributed by atoms with Gasteiger partial charge in [-0.15, -0.1) is 0 Å². The second-order valence-corrected chi connectivity index (χ2v) is 4.82. The number of nitrogens with zero attached hydrogens (tertiary/aromatic N) is 1. The van der Waals surface area contributed by atoms with Crippen LogP contribution in [0.4, 0.5) is 0 Å². The summed E-state index contributed by atoms with van der Waals surface area (Å²) in [5, 5.41) is 2.55. The van der Waals surface area contributed by atoms with Gasteiger partial charge in [0.25, 0.3) is 0 Å². The van der Waals surface area contributed by atoms with Gasteiger partial charge in [-0.1, -0.05) is 0 Å². The minimum Gasteiger partial charge on any atom is -0.322 e. The SMILES string of the molecule is Cc1cnc2c(c1)C(=O)C1=C(NC(=O)CCC1)C2=O. The molecule has 1 aliphatic carbocycles. The second kappa shape index (κ2) is 4.12. The predicted molar refractivity (Wildman–Crippen MR) is 66.7 cm³/mol. The first-order valence-corrected chi connectivity index (χ1v) is 6.17. The number of carbonyl (C=O) groups is 3. The van der Waals surface area contributed by atoms with Gasteiger partial charge in [-0.2, -0.15) is 0 Å². The van der Waals surface area contributed by atoms with Crippen molar-refractivity contribution in [3.8, 4) is 0 Å². The van der Waals surface area contributed by atoms with E-state index in [1.54, 1.807) is 12.3 Å². The van der Waals surface area contributed by atoms with Gasteiger partial charge >= 0.3 is 0 Å². The van der Waals surface area contributed by atoms with Crippen LogP contribution in [0.1, 0.15) is 45.7 Å². The number of aromatic nitrogens is 1. The number of carbonyl (C=O) groups excluding carboxylic acids is 3. The fraction of sp³-hybridized carbons (Fsp3) is 0.286. The van der Waals surface area contributed by atoms with Gasteiger partial charge < -0.3 is 5.32 Å². The van der Waals surface area contributed by atoms with E-state index in [-0.39, 0.29) is 28.9 Å². The normalized spacial score (nSPS) is 18.7.